The number of hydrogen-bond donors (Lipinski definition) is 1. The number of rotatable bonds is 4. The molecule has 3 atom stereocenters. The minimum absolute atomic E-state index is 0.0475. The predicted octanol–water partition coefficient (Wildman–Crippen LogP) is 2.62. The molecule has 2 aliphatic heterocycles. The van der Waals surface area contributed by atoms with Crippen molar-refractivity contribution in [2.24, 2.45) is 0 Å². The Morgan fingerprint density at radius 3 is 2.57 bits per heavy atom. The van der Waals surface area contributed by atoms with Crippen molar-refractivity contribution in [2.75, 3.05) is 19.8 Å². The first-order chi connectivity index (χ1) is 16.2. The molecule has 0 radical (unpaired) electrons. The average molecular weight is 512 g/mol. The molecule has 0 bridgehead atoms. The second-order valence-electron chi connectivity index (χ2n) is 10.3. The standard InChI is InChI=1S/C23H31F2N5O4S/c1-23(2,3)34-22(31)26-19-9-16(12-28(4)21(19)17-8-15(24)6-7-18(17)25)29-10-14-11-30(35(5,32)33)27-20(14)13-29/h6-8,11,16,19,21H,9-10,12-13H2,1-5H3,(H,26,31). The molecule has 35 heavy (non-hydrogen) atoms. The van der Waals surface area contributed by atoms with Crippen LogP contribution >= 0.6 is 0 Å². The van der Waals surface area contributed by atoms with E-state index in [-0.39, 0.29) is 11.6 Å². The van der Waals surface area contributed by atoms with E-state index in [2.05, 4.69) is 15.3 Å². The van der Waals surface area contributed by atoms with Crippen molar-refractivity contribution in [1.29, 1.82) is 0 Å². The number of aromatic nitrogens is 2. The fraction of sp³-hybridized carbons (Fsp3) is 0.565. The smallest absolute Gasteiger partial charge is 0.407 e. The number of carbonyl (C=O) groups is 1. The molecule has 0 aliphatic carbocycles. The van der Waals surface area contributed by atoms with Gasteiger partial charge in [0.25, 0.3) is 10.0 Å². The van der Waals surface area contributed by atoms with E-state index < -0.39 is 45.4 Å². The number of ether oxygens (including phenoxy) is 1. The minimum atomic E-state index is -3.46. The number of hydrogen-bond acceptors (Lipinski definition) is 7. The SMILES string of the molecule is CN1CC(N2Cc3cn(S(C)(=O)=O)nc3C2)CC(NC(=O)OC(C)(C)C)C1c1cc(F)ccc1F. The number of piperidine rings is 1. The first kappa shape index (κ1) is 25.5. The average Bonchev–Trinajstić information content (AvgIpc) is 3.28. The molecule has 4 rings (SSSR count). The minimum Gasteiger partial charge on any atom is -0.444 e. The summed E-state index contributed by atoms with van der Waals surface area (Å²) in [6, 6.07) is 2.11. The first-order valence-electron chi connectivity index (χ1n) is 11.4. The quantitative estimate of drug-likeness (QED) is 0.674. The Labute approximate surface area is 204 Å². The van der Waals surface area contributed by atoms with E-state index in [1.807, 2.05) is 11.9 Å². The van der Waals surface area contributed by atoms with Crippen LogP contribution in [0.5, 0.6) is 0 Å². The van der Waals surface area contributed by atoms with Crippen LogP contribution in [0.25, 0.3) is 0 Å². The van der Waals surface area contributed by atoms with Gasteiger partial charge in [-0.15, -0.1) is 0 Å². The third-order valence-electron chi connectivity index (χ3n) is 6.30. The highest BCUT2D eigenvalue weighted by Crippen LogP contribution is 2.36. The van der Waals surface area contributed by atoms with Crippen LogP contribution < -0.4 is 5.32 Å². The molecule has 12 heteroatoms. The molecule has 1 fully saturated rings. The predicted molar refractivity (Wildman–Crippen MR) is 125 cm³/mol. The molecule has 3 heterocycles. The maximum absolute atomic E-state index is 14.8. The summed E-state index contributed by atoms with van der Waals surface area (Å²) in [6.07, 6.45) is 2.45. The van der Waals surface area contributed by atoms with Gasteiger partial charge in [-0.25, -0.2) is 22.0 Å². The molecule has 1 saturated heterocycles. The molecule has 2 aliphatic rings. The highest BCUT2D eigenvalue weighted by molar-refractivity contribution is 7.89. The van der Waals surface area contributed by atoms with Crippen LogP contribution in [-0.4, -0.2) is 71.0 Å². The number of likely N-dealkylation sites (N-methyl/N-ethyl adjacent to an activating group) is 1. The third-order valence-corrected chi connectivity index (χ3v) is 7.16. The van der Waals surface area contributed by atoms with Gasteiger partial charge in [0.1, 0.15) is 17.2 Å². The molecule has 1 aromatic carbocycles. The lowest BCUT2D eigenvalue weighted by molar-refractivity contribution is 0.0257. The van der Waals surface area contributed by atoms with Gasteiger partial charge >= 0.3 is 6.09 Å². The summed E-state index contributed by atoms with van der Waals surface area (Å²) in [5.74, 6) is -1.10. The van der Waals surface area contributed by atoms with Crippen LogP contribution in [0, 0.1) is 11.6 Å². The van der Waals surface area contributed by atoms with E-state index in [0.29, 0.717) is 31.7 Å². The third kappa shape index (κ3) is 5.65. The van der Waals surface area contributed by atoms with Gasteiger partial charge in [-0.2, -0.15) is 9.19 Å². The molecule has 0 spiro atoms. The number of benzene rings is 1. The fourth-order valence-corrected chi connectivity index (χ4v) is 5.45. The monoisotopic (exact) mass is 511 g/mol. The maximum atomic E-state index is 14.8. The van der Waals surface area contributed by atoms with Crippen molar-refractivity contribution in [3.63, 3.8) is 0 Å². The van der Waals surface area contributed by atoms with E-state index in [9.17, 15) is 22.0 Å². The molecule has 9 nitrogen and oxygen atoms in total. The van der Waals surface area contributed by atoms with Crippen molar-refractivity contribution in [3.05, 3.63) is 52.9 Å². The normalized spacial score (nSPS) is 23.8. The summed E-state index contributed by atoms with van der Waals surface area (Å²) in [4.78, 5) is 16.7. The Morgan fingerprint density at radius 1 is 1.23 bits per heavy atom. The fourth-order valence-electron chi connectivity index (χ4n) is 4.89. The number of amides is 1. The van der Waals surface area contributed by atoms with Crippen LogP contribution in [0.1, 0.15) is 50.1 Å². The zero-order valence-corrected chi connectivity index (χ0v) is 21.3. The molecular formula is C23H31F2N5O4S. The Bertz CT molecular complexity index is 1200. The maximum Gasteiger partial charge on any atom is 0.407 e. The Balaban J connectivity index is 1.58. The molecule has 1 aromatic heterocycles. The van der Waals surface area contributed by atoms with Gasteiger partial charge in [0.2, 0.25) is 0 Å². The largest absolute Gasteiger partial charge is 0.444 e. The first-order valence-corrected chi connectivity index (χ1v) is 13.2. The second-order valence-corrected chi connectivity index (χ2v) is 12.2. The zero-order valence-electron chi connectivity index (χ0n) is 20.5. The lowest BCUT2D eigenvalue weighted by Crippen LogP contribution is -2.57. The topological polar surface area (TPSA) is 96.8 Å². The summed E-state index contributed by atoms with van der Waals surface area (Å²) in [7, 11) is -1.65. The van der Waals surface area contributed by atoms with E-state index in [4.69, 9.17) is 4.74 Å². The van der Waals surface area contributed by atoms with Crippen molar-refractivity contribution in [1.82, 2.24) is 24.3 Å². The molecule has 3 unspecified atom stereocenters. The molecular weight excluding hydrogens is 480 g/mol. The number of nitrogens with one attached hydrogen (secondary N) is 1. The number of nitrogens with zero attached hydrogens (tertiary/aromatic N) is 4. The molecule has 192 valence electrons. The summed E-state index contributed by atoms with van der Waals surface area (Å²) >= 11 is 0. The van der Waals surface area contributed by atoms with Gasteiger partial charge < -0.3 is 10.1 Å². The van der Waals surface area contributed by atoms with E-state index in [1.54, 1.807) is 20.8 Å². The summed E-state index contributed by atoms with van der Waals surface area (Å²) in [6.45, 7) is 6.75. The van der Waals surface area contributed by atoms with Gasteiger partial charge in [0.15, 0.2) is 0 Å². The summed E-state index contributed by atoms with van der Waals surface area (Å²) < 4.78 is 58.8. The summed E-state index contributed by atoms with van der Waals surface area (Å²) in [5, 5.41) is 7.09. The number of halogens is 2. The van der Waals surface area contributed by atoms with Gasteiger partial charge in [-0.1, -0.05) is 0 Å². The van der Waals surface area contributed by atoms with Crippen molar-refractivity contribution < 1.29 is 26.7 Å². The lowest BCUT2D eigenvalue weighted by atomic mass is 9.87. The van der Waals surface area contributed by atoms with Gasteiger partial charge in [-0.3, -0.25) is 9.80 Å². The van der Waals surface area contributed by atoms with Crippen LogP contribution in [-0.2, 0) is 27.8 Å². The Hall–Kier alpha value is -2.57. The molecule has 1 N–H and O–H groups in total. The van der Waals surface area contributed by atoms with Gasteiger partial charge in [-0.05, 0) is 52.4 Å². The van der Waals surface area contributed by atoms with E-state index in [1.165, 1.54) is 12.3 Å². The zero-order chi connectivity index (χ0) is 25.7. The molecule has 2 aromatic rings. The van der Waals surface area contributed by atoms with Gasteiger partial charge in [0.05, 0.1) is 24.0 Å². The van der Waals surface area contributed by atoms with Crippen molar-refractivity contribution in [3.8, 4) is 0 Å². The van der Waals surface area contributed by atoms with Crippen LogP contribution in [0.15, 0.2) is 24.4 Å². The number of carbonyl (C=O) groups excluding carboxylic acids is 1. The highest BCUT2D eigenvalue weighted by Gasteiger charge is 2.42. The summed E-state index contributed by atoms with van der Waals surface area (Å²) in [5.41, 5.74) is 0.967. The molecule has 0 saturated carbocycles. The number of alkyl carbamates (subject to hydrolysis) is 1. The van der Waals surface area contributed by atoms with Gasteiger partial charge in [0, 0.05) is 43.0 Å². The van der Waals surface area contributed by atoms with E-state index >= 15 is 0 Å². The Morgan fingerprint density at radius 2 is 1.94 bits per heavy atom. The van der Waals surface area contributed by atoms with E-state index in [0.717, 1.165) is 28.0 Å². The number of likely N-dealkylation sites (tertiary alicyclic amines) is 1. The molecule has 1 amide bonds. The van der Waals surface area contributed by atoms with Crippen LogP contribution in [0.4, 0.5) is 13.6 Å². The number of fused-ring (bicyclic) bond motifs is 1. The Kier molecular flexibility index (Phi) is 6.66. The van der Waals surface area contributed by atoms with Crippen molar-refractivity contribution >= 4 is 16.1 Å². The van der Waals surface area contributed by atoms with Crippen LogP contribution in [0.2, 0.25) is 0 Å². The van der Waals surface area contributed by atoms with Crippen molar-refractivity contribution in [2.45, 2.75) is 64.0 Å². The lowest BCUT2D eigenvalue weighted by Gasteiger charge is -2.46. The highest BCUT2D eigenvalue weighted by atomic mass is 32.2. The second kappa shape index (κ2) is 9.14. The van der Waals surface area contributed by atoms with Crippen LogP contribution in [0.3, 0.4) is 0 Å².